The normalized spacial score (nSPS) is 18.6. The predicted molar refractivity (Wildman–Crippen MR) is 96.7 cm³/mol. The zero-order valence-corrected chi connectivity index (χ0v) is 12.8. The van der Waals surface area contributed by atoms with Crippen molar-refractivity contribution < 1.29 is 4.79 Å². The summed E-state index contributed by atoms with van der Waals surface area (Å²) in [7, 11) is 0. The highest BCUT2D eigenvalue weighted by Crippen LogP contribution is 2.23. The van der Waals surface area contributed by atoms with E-state index in [1.54, 1.807) is 6.08 Å². The average molecular weight is 298 g/mol. The number of carbonyl (C=O) groups is 1. The molecule has 23 heavy (non-hydrogen) atoms. The molecule has 1 heteroatoms. The van der Waals surface area contributed by atoms with Gasteiger partial charge < -0.3 is 0 Å². The number of hydrogen-bond acceptors (Lipinski definition) is 1. The fourth-order valence-corrected chi connectivity index (χ4v) is 2.54. The quantitative estimate of drug-likeness (QED) is 0.718. The minimum Gasteiger partial charge on any atom is -0.294 e. The van der Waals surface area contributed by atoms with Crippen LogP contribution in [0.4, 0.5) is 0 Å². The molecule has 0 aliphatic heterocycles. The van der Waals surface area contributed by atoms with E-state index in [2.05, 4.69) is 6.08 Å². The fourth-order valence-electron chi connectivity index (χ4n) is 2.54. The van der Waals surface area contributed by atoms with Crippen molar-refractivity contribution in [1.82, 2.24) is 0 Å². The molecule has 1 unspecified atom stereocenters. The molecule has 2 aromatic carbocycles. The van der Waals surface area contributed by atoms with Gasteiger partial charge in [0.15, 0.2) is 5.78 Å². The molecule has 2 aromatic rings. The second-order valence-electron chi connectivity index (χ2n) is 5.42. The van der Waals surface area contributed by atoms with Crippen molar-refractivity contribution in [2.24, 2.45) is 5.92 Å². The first kappa shape index (κ1) is 15.0. The monoisotopic (exact) mass is 298 g/mol. The summed E-state index contributed by atoms with van der Waals surface area (Å²) in [6.45, 7) is 0. The first-order valence-electron chi connectivity index (χ1n) is 7.71. The Hall–Kier alpha value is -2.93. The highest BCUT2D eigenvalue weighted by atomic mass is 16.1. The lowest BCUT2D eigenvalue weighted by atomic mass is 9.89. The highest BCUT2D eigenvalue weighted by molar-refractivity contribution is 5.99. The van der Waals surface area contributed by atoms with Crippen molar-refractivity contribution in [2.75, 3.05) is 0 Å². The Morgan fingerprint density at radius 3 is 2.17 bits per heavy atom. The van der Waals surface area contributed by atoms with E-state index in [0.29, 0.717) is 0 Å². The van der Waals surface area contributed by atoms with Crippen LogP contribution in [0.25, 0.3) is 12.2 Å². The summed E-state index contributed by atoms with van der Waals surface area (Å²) in [5, 5.41) is 0. The molecular formula is C22H18O. The lowest BCUT2D eigenvalue weighted by Crippen LogP contribution is -2.12. The van der Waals surface area contributed by atoms with Crippen LogP contribution in [0.5, 0.6) is 0 Å². The first-order valence-corrected chi connectivity index (χ1v) is 7.71. The first-order chi connectivity index (χ1) is 11.3. The van der Waals surface area contributed by atoms with E-state index in [-0.39, 0.29) is 11.7 Å². The number of ketones is 1. The van der Waals surface area contributed by atoms with Crippen molar-refractivity contribution in [3.8, 4) is 0 Å². The van der Waals surface area contributed by atoms with Gasteiger partial charge in [0, 0.05) is 0 Å². The minimum atomic E-state index is -0.222. The number of hydrogen-bond donors (Lipinski definition) is 0. The van der Waals surface area contributed by atoms with Crippen molar-refractivity contribution >= 4 is 17.9 Å². The molecule has 0 saturated carbocycles. The minimum absolute atomic E-state index is 0.0941. The number of rotatable bonds is 4. The van der Waals surface area contributed by atoms with Crippen LogP contribution in [0, 0.1) is 5.92 Å². The van der Waals surface area contributed by atoms with E-state index in [4.69, 9.17) is 0 Å². The third-order valence-electron chi connectivity index (χ3n) is 3.74. The summed E-state index contributed by atoms with van der Waals surface area (Å²) in [6, 6.07) is 20.0. The van der Waals surface area contributed by atoms with Gasteiger partial charge in [-0.05, 0) is 22.8 Å². The van der Waals surface area contributed by atoms with Crippen LogP contribution in [-0.2, 0) is 4.79 Å². The lowest BCUT2D eigenvalue weighted by molar-refractivity contribution is -0.115. The van der Waals surface area contributed by atoms with Crippen molar-refractivity contribution in [3.63, 3.8) is 0 Å². The molecule has 0 aromatic heterocycles. The topological polar surface area (TPSA) is 17.1 Å². The maximum atomic E-state index is 12.6. The van der Waals surface area contributed by atoms with Gasteiger partial charge >= 0.3 is 0 Å². The average Bonchev–Trinajstić information content (AvgIpc) is 2.62. The SMILES string of the molecule is O=C(C=Cc1ccccc1)C1C=CC=CC1=Cc1ccccc1. The van der Waals surface area contributed by atoms with Crippen LogP contribution in [0.3, 0.4) is 0 Å². The highest BCUT2D eigenvalue weighted by Gasteiger charge is 2.17. The Morgan fingerprint density at radius 1 is 0.826 bits per heavy atom. The molecule has 1 aliphatic carbocycles. The second-order valence-corrected chi connectivity index (χ2v) is 5.42. The van der Waals surface area contributed by atoms with Crippen LogP contribution >= 0.6 is 0 Å². The lowest BCUT2D eigenvalue weighted by Gasteiger charge is -2.14. The van der Waals surface area contributed by atoms with E-state index in [9.17, 15) is 4.79 Å². The molecule has 0 spiro atoms. The molecule has 0 saturated heterocycles. The molecule has 1 nitrogen and oxygen atoms in total. The van der Waals surface area contributed by atoms with Crippen LogP contribution in [0.2, 0.25) is 0 Å². The Labute approximate surface area is 137 Å². The Balaban J connectivity index is 1.81. The number of allylic oxidation sites excluding steroid dienone is 6. The molecule has 3 rings (SSSR count). The third-order valence-corrected chi connectivity index (χ3v) is 3.74. The summed E-state index contributed by atoms with van der Waals surface area (Å²) >= 11 is 0. The molecule has 1 atom stereocenters. The van der Waals surface area contributed by atoms with Gasteiger partial charge in [0.1, 0.15) is 0 Å². The molecule has 1 aliphatic rings. The molecule has 0 radical (unpaired) electrons. The van der Waals surface area contributed by atoms with Crippen molar-refractivity contribution in [2.45, 2.75) is 0 Å². The summed E-state index contributed by atoms with van der Waals surface area (Å²) in [5.74, 6) is -0.128. The zero-order valence-electron chi connectivity index (χ0n) is 12.8. The third kappa shape index (κ3) is 4.04. The molecular weight excluding hydrogens is 280 g/mol. The van der Waals surface area contributed by atoms with E-state index in [1.165, 1.54) is 0 Å². The second kappa shape index (κ2) is 7.37. The summed E-state index contributed by atoms with van der Waals surface area (Å²) in [4.78, 5) is 12.6. The summed E-state index contributed by atoms with van der Waals surface area (Å²) in [6.07, 6.45) is 13.5. The van der Waals surface area contributed by atoms with Crippen molar-refractivity contribution in [3.05, 3.63) is 108 Å². The number of carbonyl (C=O) groups excluding carboxylic acids is 1. The molecule has 0 fully saturated rings. The Kier molecular flexibility index (Phi) is 4.80. The Bertz CT molecular complexity index is 777. The summed E-state index contributed by atoms with van der Waals surface area (Å²) < 4.78 is 0. The van der Waals surface area contributed by atoms with Gasteiger partial charge in [0.25, 0.3) is 0 Å². The molecule has 0 amide bonds. The summed E-state index contributed by atoms with van der Waals surface area (Å²) in [5.41, 5.74) is 3.15. The van der Waals surface area contributed by atoms with Crippen molar-refractivity contribution in [1.29, 1.82) is 0 Å². The van der Waals surface area contributed by atoms with Gasteiger partial charge in [-0.15, -0.1) is 0 Å². The van der Waals surface area contributed by atoms with Gasteiger partial charge in [-0.3, -0.25) is 4.79 Å². The predicted octanol–water partition coefficient (Wildman–Crippen LogP) is 5.09. The standard InChI is InChI=1S/C22H18O/c23-22(16-15-18-9-3-1-4-10-18)21-14-8-7-13-20(21)17-19-11-5-2-6-12-19/h1-17,21H. The van der Waals surface area contributed by atoms with E-state index >= 15 is 0 Å². The Morgan fingerprint density at radius 2 is 1.48 bits per heavy atom. The smallest absolute Gasteiger partial charge is 0.166 e. The van der Waals surface area contributed by atoms with Crippen LogP contribution in [0.1, 0.15) is 11.1 Å². The van der Waals surface area contributed by atoms with E-state index < -0.39 is 0 Å². The number of benzene rings is 2. The van der Waals surface area contributed by atoms with Gasteiger partial charge in [0.05, 0.1) is 5.92 Å². The van der Waals surface area contributed by atoms with E-state index in [0.717, 1.165) is 16.7 Å². The van der Waals surface area contributed by atoms with Crippen LogP contribution in [-0.4, -0.2) is 5.78 Å². The molecule has 0 bridgehead atoms. The van der Waals surface area contributed by atoms with Crippen LogP contribution < -0.4 is 0 Å². The zero-order chi connectivity index (χ0) is 15.9. The largest absolute Gasteiger partial charge is 0.294 e. The van der Waals surface area contributed by atoms with Gasteiger partial charge in [0.2, 0.25) is 0 Å². The molecule has 112 valence electrons. The van der Waals surface area contributed by atoms with Gasteiger partial charge in [-0.2, -0.15) is 0 Å². The molecule has 0 N–H and O–H groups in total. The fraction of sp³-hybridized carbons (Fsp3) is 0.0455. The molecule has 0 heterocycles. The maximum absolute atomic E-state index is 12.6. The van der Waals surface area contributed by atoms with Gasteiger partial charge in [-0.25, -0.2) is 0 Å². The van der Waals surface area contributed by atoms with Gasteiger partial charge in [-0.1, -0.05) is 97.1 Å². The van der Waals surface area contributed by atoms with E-state index in [1.807, 2.05) is 91.0 Å². The van der Waals surface area contributed by atoms with Crippen LogP contribution in [0.15, 0.2) is 96.6 Å². The maximum Gasteiger partial charge on any atom is 0.166 e.